The Hall–Kier alpha value is -1.03. The van der Waals surface area contributed by atoms with Crippen LogP contribution in [0.5, 0.6) is 0 Å². The highest BCUT2D eigenvalue weighted by Crippen LogP contribution is 2.42. The summed E-state index contributed by atoms with van der Waals surface area (Å²) < 4.78 is 1.66. The van der Waals surface area contributed by atoms with E-state index in [4.69, 9.17) is 16.7 Å². The number of nitrogens with zero attached hydrogens (tertiary/aromatic N) is 2. The molecule has 1 aromatic rings. The summed E-state index contributed by atoms with van der Waals surface area (Å²) in [6, 6.07) is 0. The molecule has 4 nitrogen and oxygen atoms in total. The first-order valence-electron chi connectivity index (χ1n) is 4.06. The van der Waals surface area contributed by atoms with Crippen LogP contribution >= 0.6 is 11.6 Å². The summed E-state index contributed by atoms with van der Waals surface area (Å²) in [5.74, 6) is -0.652. The molecule has 5 heteroatoms. The predicted octanol–water partition coefficient (Wildman–Crippen LogP) is 1.65. The van der Waals surface area contributed by atoms with Gasteiger partial charge in [-0.2, -0.15) is 0 Å². The average molecular weight is 201 g/mol. The number of hydrogen-bond acceptors (Lipinski definition) is 2. The van der Waals surface area contributed by atoms with Crippen molar-refractivity contribution in [3.8, 4) is 0 Å². The fourth-order valence-electron chi connectivity index (χ4n) is 1.46. The topological polar surface area (TPSA) is 55.1 Å². The van der Waals surface area contributed by atoms with Crippen molar-refractivity contribution in [2.45, 2.75) is 18.8 Å². The minimum atomic E-state index is -0.996. The summed E-state index contributed by atoms with van der Waals surface area (Å²) in [6.07, 6.45) is 2.08. The number of aromatic nitrogens is 2. The summed E-state index contributed by atoms with van der Waals surface area (Å²) in [6.45, 7) is 0. The number of halogens is 1. The van der Waals surface area contributed by atoms with Crippen LogP contribution in [-0.4, -0.2) is 20.6 Å². The van der Waals surface area contributed by atoms with Crippen LogP contribution in [0.15, 0.2) is 0 Å². The van der Waals surface area contributed by atoms with Gasteiger partial charge >= 0.3 is 5.97 Å². The van der Waals surface area contributed by atoms with E-state index in [0.29, 0.717) is 5.92 Å². The van der Waals surface area contributed by atoms with Crippen molar-refractivity contribution in [1.29, 1.82) is 0 Å². The van der Waals surface area contributed by atoms with E-state index >= 15 is 0 Å². The third kappa shape index (κ3) is 1.31. The van der Waals surface area contributed by atoms with E-state index in [1.165, 1.54) is 0 Å². The first-order valence-corrected chi connectivity index (χ1v) is 4.44. The molecule has 1 fully saturated rings. The van der Waals surface area contributed by atoms with Crippen molar-refractivity contribution < 1.29 is 9.90 Å². The van der Waals surface area contributed by atoms with Crippen molar-refractivity contribution >= 4 is 17.6 Å². The number of rotatable bonds is 2. The summed E-state index contributed by atoms with van der Waals surface area (Å²) in [5.41, 5.74) is 0.868. The standard InChI is InChI=1S/C8H9ClN2O2/c1-11-6(4-2-3-4)5(7(12)13)10-8(11)9/h4H,2-3H2,1H3,(H,12,13). The maximum absolute atomic E-state index is 10.8. The molecule has 0 amide bonds. The van der Waals surface area contributed by atoms with Crippen LogP contribution in [0, 0.1) is 0 Å². The van der Waals surface area contributed by atoms with Crippen molar-refractivity contribution in [3.63, 3.8) is 0 Å². The smallest absolute Gasteiger partial charge is 0.356 e. The Morgan fingerprint density at radius 3 is 2.77 bits per heavy atom. The number of carboxylic acids is 1. The van der Waals surface area contributed by atoms with Crippen LogP contribution in [0.4, 0.5) is 0 Å². The van der Waals surface area contributed by atoms with Crippen molar-refractivity contribution in [2.75, 3.05) is 0 Å². The molecule has 2 rings (SSSR count). The molecule has 0 saturated heterocycles. The van der Waals surface area contributed by atoms with E-state index in [0.717, 1.165) is 18.5 Å². The third-order valence-electron chi connectivity index (χ3n) is 2.25. The average Bonchev–Trinajstić information content (AvgIpc) is 2.82. The lowest BCUT2D eigenvalue weighted by Gasteiger charge is -2.00. The molecule has 1 aliphatic carbocycles. The number of carbonyl (C=O) groups is 1. The van der Waals surface area contributed by atoms with Gasteiger partial charge in [0.1, 0.15) is 0 Å². The van der Waals surface area contributed by atoms with Crippen LogP contribution in [0.3, 0.4) is 0 Å². The number of imidazole rings is 1. The van der Waals surface area contributed by atoms with Crippen LogP contribution in [0.1, 0.15) is 34.9 Å². The van der Waals surface area contributed by atoms with Gasteiger partial charge in [0, 0.05) is 13.0 Å². The Morgan fingerprint density at radius 2 is 2.31 bits per heavy atom. The molecular weight excluding hydrogens is 192 g/mol. The molecule has 1 saturated carbocycles. The molecule has 1 N–H and O–H groups in total. The van der Waals surface area contributed by atoms with Crippen molar-refractivity contribution in [1.82, 2.24) is 9.55 Å². The quantitative estimate of drug-likeness (QED) is 0.790. The molecule has 0 atom stereocenters. The third-order valence-corrected chi connectivity index (χ3v) is 2.59. The van der Waals surface area contributed by atoms with Crippen molar-refractivity contribution in [2.24, 2.45) is 7.05 Å². The molecule has 1 aliphatic rings. The Bertz CT molecular complexity index is 368. The summed E-state index contributed by atoms with van der Waals surface area (Å²) in [7, 11) is 1.75. The minimum absolute atomic E-state index is 0.106. The number of carboxylic acid groups (broad SMARTS) is 1. The molecule has 13 heavy (non-hydrogen) atoms. The first kappa shape index (κ1) is 8.56. The highest BCUT2D eigenvalue weighted by Gasteiger charge is 2.33. The van der Waals surface area contributed by atoms with Gasteiger partial charge in [-0.25, -0.2) is 9.78 Å². The van der Waals surface area contributed by atoms with Crippen LogP contribution in [-0.2, 0) is 7.05 Å². The molecule has 1 heterocycles. The molecule has 0 unspecified atom stereocenters. The van der Waals surface area contributed by atoms with Gasteiger partial charge in [0.2, 0.25) is 5.28 Å². The summed E-state index contributed by atoms with van der Waals surface area (Å²) in [5, 5.41) is 9.09. The lowest BCUT2D eigenvalue weighted by Crippen LogP contribution is -2.03. The molecular formula is C8H9ClN2O2. The van der Waals surface area contributed by atoms with E-state index in [1.807, 2.05) is 0 Å². The van der Waals surface area contributed by atoms with Gasteiger partial charge in [-0.1, -0.05) is 0 Å². The first-order chi connectivity index (χ1) is 6.11. The zero-order valence-corrected chi connectivity index (χ0v) is 7.88. The normalized spacial score (nSPS) is 16.2. The van der Waals surface area contributed by atoms with Gasteiger partial charge in [-0.3, -0.25) is 0 Å². The molecule has 0 aromatic carbocycles. The minimum Gasteiger partial charge on any atom is -0.476 e. The Labute approximate surface area is 80.1 Å². The Kier molecular flexibility index (Phi) is 1.80. The fourth-order valence-corrected chi connectivity index (χ4v) is 1.64. The fraction of sp³-hybridized carbons (Fsp3) is 0.500. The molecule has 0 spiro atoms. The zero-order valence-electron chi connectivity index (χ0n) is 7.12. The number of hydrogen-bond donors (Lipinski definition) is 1. The van der Waals surface area contributed by atoms with Gasteiger partial charge in [-0.15, -0.1) is 0 Å². The monoisotopic (exact) mass is 200 g/mol. The second-order valence-electron chi connectivity index (χ2n) is 3.25. The second-order valence-corrected chi connectivity index (χ2v) is 3.59. The summed E-state index contributed by atoms with van der Waals surface area (Å²) in [4.78, 5) is 14.6. The van der Waals surface area contributed by atoms with Gasteiger partial charge in [0.25, 0.3) is 0 Å². The lowest BCUT2D eigenvalue weighted by atomic mass is 10.2. The van der Waals surface area contributed by atoms with Crippen LogP contribution in [0.25, 0.3) is 0 Å². The van der Waals surface area contributed by atoms with E-state index < -0.39 is 5.97 Å². The van der Waals surface area contributed by atoms with E-state index in [2.05, 4.69) is 4.98 Å². The van der Waals surface area contributed by atoms with E-state index in [-0.39, 0.29) is 11.0 Å². The SMILES string of the molecule is Cn1c(Cl)nc(C(=O)O)c1C1CC1. The molecule has 0 aliphatic heterocycles. The summed E-state index contributed by atoms with van der Waals surface area (Å²) >= 11 is 5.74. The molecule has 0 bridgehead atoms. The number of aromatic carboxylic acids is 1. The van der Waals surface area contributed by atoms with E-state index in [9.17, 15) is 4.79 Å². The van der Waals surface area contributed by atoms with Gasteiger partial charge in [0.05, 0.1) is 5.69 Å². The predicted molar refractivity (Wildman–Crippen MR) is 47.2 cm³/mol. The molecule has 70 valence electrons. The van der Waals surface area contributed by atoms with E-state index in [1.54, 1.807) is 11.6 Å². The zero-order chi connectivity index (χ0) is 9.59. The highest BCUT2D eigenvalue weighted by atomic mass is 35.5. The van der Waals surface area contributed by atoms with Gasteiger partial charge < -0.3 is 9.67 Å². The molecule has 1 aromatic heterocycles. The van der Waals surface area contributed by atoms with Gasteiger partial charge in [0.15, 0.2) is 5.69 Å². The molecule has 0 radical (unpaired) electrons. The highest BCUT2D eigenvalue weighted by molar-refractivity contribution is 6.28. The maximum atomic E-state index is 10.8. The second kappa shape index (κ2) is 2.73. The van der Waals surface area contributed by atoms with Gasteiger partial charge in [-0.05, 0) is 24.4 Å². The van der Waals surface area contributed by atoms with Crippen LogP contribution < -0.4 is 0 Å². The van der Waals surface area contributed by atoms with Crippen molar-refractivity contribution in [3.05, 3.63) is 16.7 Å². The lowest BCUT2D eigenvalue weighted by molar-refractivity contribution is 0.0689. The van der Waals surface area contributed by atoms with Crippen LogP contribution in [0.2, 0.25) is 5.28 Å². The Morgan fingerprint density at radius 1 is 1.69 bits per heavy atom. The Balaban J connectivity index is 2.54. The largest absolute Gasteiger partial charge is 0.476 e. The maximum Gasteiger partial charge on any atom is 0.356 e.